The van der Waals surface area contributed by atoms with Crippen LogP contribution in [0.2, 0.25) is 0 Å². The largest absolute Gasteiger partial charge is 0.489 e. The lowest BCUT2D eigenvalue weighted by Gasteiger charge is -2.12. The van der Waals surface area contributed by atoms with Crippen molar-refractivity contribution in [1.82, 2.24) is 9.97 Å². The highest BCUT2D eigenvalue weighted by molar-refractivity contribution is 5.82. The molecule has 1 aromatic heterocycles. The van der Waals surface area contributed by atoms with Crippen molar-refractivity contribution in [3.05, 3.63) is 98.7 Å². The first-order chi connectivity index (χ1) is 13.6. The van der Waals surface area contributed by atoms with E-state index < -0.39 is 11.2 Å². The average Bonchev–Trinajstić information content (AvgIpc) is 2.67. The van der Waals surface area contributed by atoms with E-state index in [-0.39, 0.29) is 0 Å². The maximum atomic E-state index is 11.4. The SMILES string of the molecule is Cc1cc(OCc2ccc3ccccc3c2)ccc1Nc1cc(=O)[nH]c(=O)[nH]1. The molecule has 0 unspecified atom stereocenters. The molecule has 0 saturated carbocycles. The molecule has 28 heavy (non-hydrogen) atoms. The second kappa shape index (κ2) is 7.44. The van der Waals surface area contributed by atoms with Gasteiger partial charge in [-0.1, -0.05) is 36.4 Å². The molecule has 6 heteroatoms. The van der Waals surface area contributed by atoms with E-state index in [2.05, 4.69) is 45.6 Å². The number of rotatable bonds is 5. The van der Waals surface area contributed by atoms with E-state index in [9.17, 15) is 9.59 Å². The van der Waals surface area contributed by atoms with Gasteiger partial charge in [0.1, 0.15) is 18.2 Å². The second-order valence-corrected chi connectivity index (χ2v) is 6.57. The molecule has 3 aromatic carbocycles. The summed E-state index contributed by atoms with van der Waals surface area (Å²) in [5, 5.41) is 5.43. The lowest BCUT2D eigenvalue weighted by Crippen LogP contribution is -2.22. The number of aromatic amines is 2. The summed E-state index contributed by atoms with van der Waals surface area (Å²) >= 11 is 0. The highest BCUT2D eigenvalue weighted by atomic mass is 16.5. The van der Waals surface area contributed by atoms with Crippen molar-refractivity contribution in [2.45, 2.75) is 13.5 Å². The summed E-state index contributed by atoms with van der Waals surface area (Å²) in [5.41, 5.74) is 1.79. The molecule has 0 aliphatic heterocycles. The van der Waals surface area contributed by atoms with E-state index in [0.717, 1.165) is 22.6 Å². The first kappa shape index (κ1) is 17.6. The van der Waals surface area contributed by atoms with Gasteiger partial charge in [-0.05, 0) is 53.1 Å². The van der Waals surface area contributed by atoms with Crippen molar-refractivity contribution >= 4 is 22.3 Å². The molecule has 6 nitrogen and oxygen atoms in total. The van der Waals surface area contributed by atoms with Crippen molar-refractivity contribution in [2.75, 3.05) is 5.32 Å². The molecule has 4 aromatic rings. The Morgan fingerprint density at radius 1 is 0.893 bits per heavy atom. The zero-order chi connectivity index (χ0) is 19.5. The molecular weight excluding hydrogens is 354 g/mol. The van der Waals surface area contributed by atoms with E-state index in [1.807, 2.05) is 37.3 Å². The van der Waals surface area contributed by atoms with E-state index in [0.29, 0.717) is 12.4 Å². The van der Waals surface area contributed by atoms with Gasteiger partial charge in [-0.15, -0.1) is 0 Å². The highest BCUT2D eigenvalue weighted by Crippen LogP contribution is 2.24. The Hall–Kier alpha value is -3.80. The Bertz CT molecular complexity index is 1230. The number of hydrogen-bond donors (Lipinski definition) is 3. The molecule has 0 radical (unpaired) electrons. The van der Waals surface area contributed by atoms with Gasteiger partial charge in [0.05, 0.1) is 0 Å². The average molecular weight is 373 g/mol. The van der Waals surface area contributed by atoms with Crippen LogP contribution in [0.1, 0.15) is 11.1 Å². The summed E-state index contributed by atoms with van der Waals surface area (Å²) in [6.45, 7) is 2.40. The number of nitrogens with one attached hydrogen (secondary N) is 3. The van der Waals surface area contributed by atoms with E-state index in [4.69, 9.17) is 4.74 Å². The predicted octanol–water partition coefficient (Wildman–Crippen LogP) is 3.85. The first-order valence-corrected chi connectivity index (χ1v) is 8.89. The number of anilines is 2. The van der Waals surface area contributed by atoms with Crippen LogP contribution in [0.5, 0.6) is 5.75 Å². The summed E-state index contributed by atoms with van der Waals surface area (Å²) in [4.78, 5) is 27.5. The van der Waals surface area contributed by atoms with Crippen molar-refractivity contribution in [3.8, 4) is 5.75 Å². The maximum Gasteiger partial charge on any atom is 0.327 e. The zero-order valence-electron chi connectivity index (χ0n) is 15.3. The van der Waals surface area contributed by atoms with Crippen LogP contribution in [0.4, 0.5) is 11.5 Å². The Morgan fingerprint density at radius 3 is 2.50 bits per heavy atom. The Balaban J connectivity index is 1.47. The number of H-pyrrole nitrogens is 2. The first-order valence-electron chi connectivity index (χ1n) is 8.89. The molecule has 0 amide bonds. The molecule has 1 heterocycles. The Morgan fingerprint density at radius 2 is 1.71 bits per heavy atom. The molecule has 0 fully saturated rings. The van der Waals surface area contributed by atoms with E-state index in [1.54, 1.807) is 0 Å². The van der Waals surface area contributed by atoms with Gasteiger partial charge < -0.3 is 10.1 Å². The van der Waals surface area contributed by atoms with Crippen LogP contribution >= 0.6 is 0 Å². The topological polar surface area (TPSA) is 87.0 Å². The minimum atomic E-state index is -0.553. The number of ether oxygens (including phenoxy) is 1. The van der Waals surface area contributed by atoms with Crippen LogP contribution < -0.4 is 21.3 Å². The second-order valence-electron chi connectivity index (χ2n) is 6.57. The standard InChI is InChI=1S/C22H19N3O3/c1-14-10-18(8-9-19(14)23-20-12-21(26)25-22(27)24-20)28-13-15-6-7-16-4-2-3-5-17(16)11-15/h2-12H,13H2,1H3,(H3,23,24,25,26,27). The number of benzene rings is 3. The monoisotopic (exact) mass is 373 g/mol. The molecule has 0 aliphatic rings. The van der Waals surface area contributed by atoms with E-state index in [1.165, 1.54) is 16.8 Å². The molecule has 0 atom stereocenters. The summed E-state index contributed by atoms with van der Waals surface area (Å²) in [5.74, 6) is 1.08. The predicted molar refractivity (Wildman–Crippen MR) is 110 cm³/mol. The minimum Gasteiger partial charge on any atom is -0.489 e. The molecule has 4 rings (SSSR count). The fourth-order valence-electron chi connectivity index (χ4n) is 3.04. The fraction of sp³-hybridized carbons (Fsp3) is 0.0909. The van der Waals surface area contributed by atoms with Gasteiger partial charge in [-0.3, -0.25) is 14.8 Å². The third-order valence-electron chi connectivity index (χ3n) is 4.45. The van der Waals surface area contributed by atoms with Gasteiger partial charge in [0.2, 0.25) is 0 Å². The number of hydrogen-bond acceptors (Lipinski definition) is 4. The van der Waals surface area contributed by atoms with Crippen LogP contribution in [0.25, 0.3) is 10.8 Å². The third kappa shape index (κ3) is 3.96. The number of aryl methyl sites for hydroxylation is 1. The minimum absolute atomic E-state index is 0.335. The lowest BCUT2D eigenvalue weighted by molar-refractivity contribution is 0.306. The van der Waals surface area contributed by atoms with Gasteiger partial charge >= 0.3 is 5.69 Å². The summed E-state index contributed by atoms with van der Waals surface area (Å²) < 4.78 is 5.92. The van der Waals surface area contributed by atoms with Crippen LogP contribution in [0.15, 0.2) is 76.3 Å². The van der Waals surface area contributed by atoms with Gasteiger partial charge in [0.15, 0.2) is 0 Å². The molecule has 0 spiro atoms. The van der Waals surface area contributed by atoms with Crippen LogP contribution in [-0.2, 0) is 6.61 Å². The molecule has 0 saturated heterocycles. The molecule has 140 valence electrons. The molecule has 0 bridgehead atoms. The molecular formula is C22H19N3O3. The van der Waals surface area contributed by atoms with Gasteiger partial charge in [-0.25, -0.2) is 4.79 Å². The quantitative estimate of drug-likeness (QED) is 0.496. The zero-order valence-corrected chi connectivity index (χ0v) is 15.3. The summed E-state index contributed by atoms with van der Waals surface area (Å²) in [6.07, 6.45) is 0. The lowest BCUT2D eigenvalue weighted by atomic mass is 10.1. The highest BCUT2D eigenvalue weighted by Gasteiger charge is 2.04. The van der Waals surface area contributed by atoms with Gasteiger partial charge in [0.25, 0.3) is 5.56 Å². The summed E-state index contributed by atoms with van der Waals surface area (Å²) in [6, 6.07) is 21.4. The molecule has 0 aliphatic carbocycles. The number of fused-ring (bicyclic) bond motifs is 1. The van der Waals surface area contributed by atoms with Crippen molar-refractivity contribution in [1.29, 1.82) is 0 Å². The van der Waals surface area contributed by atoms with Crippen LogP contribution in [-0.4, -0.2) is 9.97 Å². The van der Waals surface area contributed by atoms with Crippen molar-refractivity contribution in [3.63, 3.8) is 0 Å². The van der Waals surface area contributed by atoms with Gasteiger partial charge in [0, 0.05) is 11.8 Å². The van der Waals surface area contributed by atoms with Gasteiger partial charge in [-0.2, -0.15) is 0 Å². The molecule has 3 N–H and O–H groups in total. The van der Waals surface area contributed by atoms with Crippen LogP contribution in [0, 0.1) is 6.92 Å². The van der Waals surface area contributed by atoms with Crippen molar-refractivity contribution in [2.24, 2.45) is 0 Å². The Kier molecular flexibility index (Phi) is 4.68. The summed E-state index contributed by atoms with van der Waals surface area (Å²) in [7, 11) is 0. The maximum absolute atomic E-state index is 11.4. The third-order valence-corrected chi connectivity index (χ3v) is 4.45. The fourth-order valence-corrected chi connectivity index (χ4v) is 3.04. The Labute approximate surface area is 160 Å². The normalized spacial score (nSPS) is 10.8. The van der Waals surface area contributed by atoms with E-state index >= 15 is 0 Å². The van der Waals surface area contributed by atoms with Crippen LogP contribution in [0.3, 0.4) is 0 Å². The van der Waals surface area contributed by atoms with Crippen molar-refractivity contribution < 1.29 is 4.74 Å². The smallest absolute Gasteiger partial charge is 0.327 e. The number of aromatic nitrogens is 2.